The van der Waals surface area contributed by atoms with Crippen molar-refractivity contribution in [3.05, 3.63) is 65.3 Å². The molecule has 0 bridgehead atoms. The summed E-state index contributed by atoms with van der Waals surface area (Å²) in [6.07, 6.45) is 0. The van der Waals surface area contributed by atoms with Crippen LogP contribution in [-0.4, -0.2) is 10.2 Å². The van der Waals surface area contributed by atoms with Gasteiger partial charge in [0.25, 0.3) is 0 Å². The van der Waals surface area contributed by atoms with Gasteiger partial charge in [-0.05, 0) is 37.3 Å². The standard InChI is InChI=1S/C16H13ClFN3O/c1-10(19-12-7-8-14(18)13(17)9-12)15-20-21-16(22-15)11-5-3-2-4-6-11/h2-10,19H,1H3/t10-/m0/s1. The minimum absolute atomic E-state index is 0.0627. The van der Waals surface area contributed by atoms with Crippen LogP contribution in [0.15, 0.2) is 52.9 Å². The lowest BCUT2D eigenvalue weighted by atomic mass is 10.2. The summed E-state index contributed by atoms with van der Waals surface area (Å²) in [6, 6.07) is 13.7. The van der Waals surface area contributed by atoms with Crippen molar-refractivity contribution in [3.8, 4) is 11.5 Å². The van der Waals surface area contributed by atoms with Crippen LogP contribution in [0.3, 0.4) is 0 Å². The van der Waals surface area contributed by atoms with Gasteiger partial charge in [-0.3, -0.25) is 0 Å². The van der Waals surface area contributed by atoms with Gasteiger partial charge in [0.1, 0.15) is 11.9 Å². The van der Waals surface area contributed by atoms with Crippen LogP contribution < -0.4 is 5.32 Å². The lowest BCUT2D eigenvalue weighted by Crippen LogP contribution is -2.07. The minimum Gasteiger partial charge on any atom is -0.418 e. The largest absolute Gasteiger partial charge is 0.418 e. The Morgan fingerprint density at radius 1 is 1.14 bits per heavy atom. The van der Waals surface area contributed by atoms with Crippen molar-refractivity contribution in [1.29, 1.82) is 0 Å². The second-order valence-corrected chi connectivity index (χ2v) is 5.21. The Kier molecular flexibility index (Phi) is 4.06. The molecule has 0 aliphatic rings. The van der Waals surface area contributed by atoms with Crippen LogP contribution in [0.25, 0.3) is 11.5 Å². The van der Waals surface area contributed by atoms with Crippen LogP contribution in [0, 0.1) is 5.82 Å². The van der Waals surface area contributed by atoms with Gasteiger partial charge in [0, 0.05) is 11.3 Å². The molecule has 6 heteroatoms. The van der Waals surface area contributed by atoms with Gasteiger partial charge in [-0.25, -0.2) is 4.39 Å². The Morgan fingerprint density at radius 2 is 1.91 bits per heavy atom. The third kappa shape index (κ3) is 3.09. The maximum atomic E-state index is 13.1. The first-order chi connectivity index (χ1) is 10.6. The van der Waals surface area contributed by atoms with Crippen LogP contribution in [0.1, 0.15) is 18.9 Å². The fourth-order valence-electron chi connectivity index (χ4n) is 2.00. The average Bonchev–Trinajstić information content (AvgIpc) is 3.02. The molecule has 0 radical (unpaired) electrons. The highest BCUT2D eigenvalue weighted by atomic mass is 35.5. The van der Waals surface area contributed by atoms with Gasteiger partial charge in [-0.15, -0.1) is 10.2 Å². The quantitative estimate of drug-likeness (QED) is 0.757. The second kappa shape index (κ2) is 6.15. The van der Waals surface area contributed by atoms with E-state index in [4.69, 9.17) is 16.0 Å². The first kappa shape index (κ1) is 14.5. The molecule has 0 saturated carbocycles. The molecule has 0 unspecified atom stereocenters. The minimum atomic E-state index is -0.455. The number of aromatic nitrogens is 2. The van der Waals surface area contributed by atoms with Crippen molar-refractivity contribution < 1.29 is 8.81 Å². The van der Waals surface area contributed by atoms with E-state index >= 15 is 0 Å². The van der Waals surface area contributed by atoms with Crippen molar-refractivity contribution in [1.82, 2.24) is 10.2 Å². The predicted molar refractivity (Wildman–Crippen MR) is 83.2 cm³/mol. The van der Waals surface area contributed by atoms with Crippen molar-refractivity contribution in [2.75, 3.05) is 5.32 Å². The van der Waals surface area contributed by atoms with E-state index in [0.717, 1.165) is 5.56 Å². The third-order valence-electron chi connectivity index (χ3n) is 3.13. The third-order valence-corrected chi connectivity index (χ3v) is 3.42. The fraction of sp³-hybridized carbons (Fsp3) is 0.125. The monoisotopic (exact) mass is 317 g/mol. The Bertz CT molecular complexity index is 776. The summed E-state index contributed by atoms with van der Waals surface area (Å²) in [5.41, 5.74) is 1.54. The molecule has 0 aliphatic carbocycles. The first-order valence-electron chi connectivity index (χ1n) is 6.74. The molecule has 0 aliphatic heterocycles. The van der Waals surface area contributed by atoms with Crippen LogP contribution in [-0.2, 0) is 0 Å². The molecule has 4 nitrogen and oxygen atoms in total. The van der Waals surface area contributed by atoms with Gasteiger partial charge in [-0.1, -0.05) is 29.8 Å². The Labute approximate surface area is 131 Å². The molecule has 0 spiro atoms. The molecular weight excluding hydrogens is 305 g/mol. The highest BCUT2D eigenvalue weighted by molar-refractivity contribution is 6.31. The van der Waals surface area contributed by atoms with Crippen molar-refractivity contribution in [2.45, 2.75) is 13.0 Å². The van der Waals surface area contributed by atoms with E-state index in [2.05, 4.69) is 15.5 Å². The summed E-state index contributed by atoms with van der Waals surface area (Å²) in [7, 11) is 0. The number of rotatable bonds is 4. The normalized spacial score (nSPS) is 12.1. The zero-order chi connectivity index (χ0) is 15.5. The van der Waals surface area contributed by atoms with Crippen LogP contribution >= 0.6 is 11.6 Å². The second-order valence-electron chi connectivity index (χ2n) is 4.81. The van der Waals surface area contributed by atoms with E-state index < -0.39 is 5.82 Å². The lowest BCUT2D eigenvalue weighted by molar-refractivity contribution is 0.485. The molecule has 0 saturated heterocycles. The summed E-state index contributed by atoms with van der Waals surface area (Å²) in [5.74, 6) is 0.449. The Hall–Kier alpha value is -2.40. The average molecular weight is 318 g/mol. The summed E-state index contributed by atoms with van der Waals surface area (Å²) >= 11 is 5.76. The predicted octanol–water partition coefficient (Wildman–Crippen LogP) is 4.70. The summed E-state index contributed by atoms with van der Waals surface area (Å²) in [5, 5.41) is 11.3. The number of anilines is 1. The number of benzene rings is 2. The molecule has 1 N–H and O–H groups in total. The molecule has 3 rings (SSSR count). The Morgan fingerprint density at radius 3 is 2.64 bits per heavy atom. The maximum absolute atomic E-state index is 13.1. The molecule has 2 aromatic carbocycles. The van der Waals surface area contributed by atoms with Gasteiger partial charge >= 0.3 is 0 Å². The summed E-state index contributed by atoms with van der Waals surface area (Å²) in [6.45, 7) is 1.87. The lowest BCUT2D eigenvalue weighted by Gasteiger charge is -2.11. The molecule has 3 aromatic rings. The number of nitrogens with zero attached hydrogens (tertiary/aromatic N) is 2. The number of halogens is 2. The van der Waals surface area contributed by atoms with Gasteiger partial charge in [0.15, 0.2) is 0 Å². The van der Waals surface area contributed by atoms with E-state index in [1.54, 1.807) is 6.07 Å². The van der Waals surface area contributed by atoms with E-state index in [1.165, 1.54) is 12.1 Å². The van der Waals surface area contributed by atoms with Crippen molar-refractivity contribution in [3.63, 3.8) is 0 Å². The molecule has 0 amide bonds. The molecule has 1 atom stereocenters. The van der Waals surface area contributed by atoms with E-state index in [1.807, 2.05) is 37.3 Å². The van der Waals surface area contributed by atoms with Gasteiger partial charge in [0.05, 0.1) is 5.02 Å². The molecule has 0 fully saturated rings. The number of hydrogen-bond acceptors (Lipinski definition) is 4. The first-order valence-corrected chi connectivity index (χ1v) is 7.11. The number of nitrogens with one attached hydrogen (secondary N) is 1. The summed E-state index contributed by atoms with van der Waals surface area (Å²) in [4.78, 5) is 0. The van der Waals surface area contributed by atoms with Crippen LogP contribution in [0.5, 0.6) is 0 Å². The van der Waals surface area contributed by atoms with Crippen LogP contribution in [0.4, 0.5) is 10.1 Å². The topological polar surface area (TPSA) is 51.0 Å². The SMILES string of the molecule is C[C@H](Nc1ccc(F)c(Cl)c1)c1nnc(-c2ccccc2)o1. The fourth-order valence-corrected chi connectivity index (χ4v) is 2.19. The maximum Gasteiger partial charge on any atom is 0.247 e. The van der Waals surface area contributed by atoms with Crippen molar-refractivity contribution in [2.24, 2.45) is 0 Å². The molecule has 1 heterocycles. The molecule has 1 aromatic heterocycles. The van der Waals surface area contributed by atoms with Crippen LogP contribution in [0.2, 0.25) is 5.02 Å². The number of hydrogen-bond donors (Lipinski definition) is 1. The highest BCUT2D eigenvalue weighted by Gasteiger charge is 2.15. The van der Waals surface area contributed by atoms with E-state index in [-0.39, 0.29) is 11.1 Å². The molecular formula is C16H13ClFN3O. The highest BCUT2D eigenvalue weighted by Crippen LogP contribution is 2.25. The zero-order valence-electron chi connectivity index (χ0n) is 11.8. The molecule has 22 heavy (non-hydrogen) atoms. The van der Waals surface area contributed by atoms with Crippen molar-refractivity contribution >= 4 is 17.3 Å². The van der Waals surface area contributed by atoms with E-state index in [9.17, 15) is 4.39 Å². The smallest absolute Gasteiger partial charge is 0.247 e. The van der Waals surface area contributed by atoms with Gasteiger partial charge in [0.2, 0.25) is 11.8 Å². The van der Waals surface area contributed by atoms with Gasteiger partial charge in [-0.2, -0.15) is 0 Å². The molecule has 112 valence electrons. The van der Waals surface area contributed by atoms with Gasteiger partial charge < -0.3 is 9.73 Å². The Balaban J connectivity index is 1.77. The zero-order valence-corrected chi connectivity index (χ0v) is 12.5. The summed E-state index contributed by atoms with van der Waals surface area (Å²) < 4.78 is 18.8. The van der Waals surface area contributed by atoms with E-state index in [0.29, 0.717) is 17.5 Å².